The summed E-state index contributed by atoms with van der Waals surface area (Å²) in [6.07, 6.45) is 1.11. The normalized spacial score (nSPS) is 10.1. The maximum Gasteiger partial charge on any atom is 0.335 e. The topological polar surface area (TPSA) is 63.6 Å². The van der Waals surface area contributed by atoms with Crippen LogP contribution in [0, 0.1) is 0 Å². The molecule has 1 N–H and O–H groups in total. The molecule has 0 unspecified atom stereocenters. The van der Waals surface area contributed by atoms with Gasteiger partial charge in [0.05, 0.1) is 5.56 Å². The van der Waals surface area contributed by atoms with E-state index in [1.807, 2.05) is 6.07 Å². The van der Waals surface area contributed by atoms with Crippen LogP contribution in [0.1, 0.15) is 15.9 Å². The molecule has 0 amide bonds. The van der Waals surface area contributed by atoms with Gasteiger partial charge in [-0.1, -0.05) is 24.8 Å². The van der Waals surface area contributed by atoms with Crippen LogP contribution in [0.4, 0.5) is 0 Å². The number of ether oxygens (including phenoxy) is 1. The van der Waals surface area contributed by atoms with Gasteiger partial charge in [0.2, 0.25) is 0 Å². The highest BCUT2D eigenvalue weighted by Gasteiger charge is 2.04. The predicted molar refractivity (Wildman–Crippen MR) is 70.9 cm³/mol. The number of carbonyl (C=O) groups is 2. The highest BCUT2D eigenvalue weighted by molar-refractivity contribution is 5.94. The van der Waals surface area contributed by atoms with Crippen molar-refractivity contribution in [1.29, 1.82) is 0 Å². The van der Waals surface area contributed by atoms with Crippen LogP contribution in [0.25, 0.3) is 10.8 Å². The smallest absolute Gasteiger partial charge is 0.335 e. The molecule has 0 fully saturated rings. The molecule has 0 spiro atoms. The highest BCUT2D eigenvalue weighted by Crippen LogP contribution is 2.18. The molecule has 0 aliphatic carbocycles. The summed E-state index contributed by atoms with van der Waals surface area (Å²) in [6, 6.07) is 10.3. The molecule has 0 radical (unpaired) electrons. The van der Waals surface area contributed by atoms with Gasteiger partial charge in [-0.25, -0.2) is 9.59 Å². The van der Waals surface area contributed by atoms with Gasteiger partial charge in [-0.3, -0.25) is 0 Å². The fourth-order valence-corrected chi connectivity index (χ4v) is 1.73. The monoisotopic (exact) mass is 256 g/mol. The number of esters is 1. The minimum atomic E-state index is -0.953. The Morgan fingerprint density at radius 3 is 2.53 bits per heavy atom. The lowest BCUT2D eigenvalue weighted by atomic mass is 10.0. The molecular weight excluding hydrogens is 244 g/mol. The number of hydrogen-bond donors (Lipinski definition) is 1. The highest BCUT2D eigenvalue weighted by atomic mass is 16.5. The Balaban J connectivity index is 2.26. The molecule has 96 valence electrons. The predicted octanol–water partition coefficient (Wildman–Crippen LogP) is 2.77. The molecule has 4 nitrogen and oxygen atoms in total. The van der Waals surface area contributed by atoms with E-state index < -0.39 is 11.9 Å². The van der Waals surface area contributed by atoms with Crippen LogP contribution in [0.5, 0.6) is 0 Å². The summed E-state index contributed by atoms with van der Waals surface area (Å²) in [4.78, 5) is 21.8. The quantitative estimate of drug-likeness (QED) is 0.674. The van der Waals surface area contributed by atoms with Crippen molar-refractivity contribution >= 4 is 22.7 Å². The molecule has 0 aromatic heterocycles. The molecule has 0 saturated carbocycles. The van der Waals surface area contributed by atoms with Gasteiger partial charge >= 0.3 is 11.9 Å². The number of carbonyl (C=O) groups excluding carboxylic acids is 1. The van der Waals surface area contributed by atoms with E-state index in [0.29, 0.717) is 0 Å². The molecule has 0 aliphatic rings. The van der Waals surface area contributed by atoms with E-state index in [1.165, 1.54) is 0 Å². The van der Waals surface area contributed by atoms with E-state index in [9.17, 15) is 9.59 Å². The van der Waals surface area contributed by atoms with Gasteiger partial charge in [0.15, 0.2) is 0 Å². The van der Waals surface area contributed by atoms with E-state index in [2.05, 4.69) is 6.58 Å². The summed E-state index contributed by atoms with van der Waals surface area (Å²) in [5.41, 5.74) is 1.09. The Bertz CT molecular complexity index is 658. The summed E-state index contributed by atoms with van der Waals surface area (Å²) in [5.74, 6) is -1.42. The van der Waals surface area contributed by atoms with Gasteiger partial charge in [-0.2, -0.15) is 0 Å². The van der Waals surface area contributed by atoms with Crippen molar-refractivity contribution in [1.82, 2.24) is 0 Å². The fourth-order valence-electron chi connectivity index (χ4n) is 1.73. The molecule has 0 bridgehead atoms. The average molecular weight is 256 g/mol. The van der Waals surface area contributed by atoms with Gasteiger partial charge in [0.1, 0.15) is 6.61 Å². The van der Waals surface area contributed by atoms with E-state index in [1.54, 1.807) is 30.3 Å². The maximum atomic E-state index is 11.0. The van der Waals surface area contributed by atoms with Crippen LogP contribution >= 0.6 is 0 Å². The summed E-state index contributed by atoms with van der Waals surface area (Å²) in [6.45, 7) is 3.49. The largest absolute Gasteiger partial charge is 0.478 e. The number of hydrogen-bond acceptors (Lipinski definition) is 3. The molecule has 19 heavy (non-hydrogen) atoms. The zero-order valence-electron chi connectivity index (χ0n) is 10.1. The lowest BCUT2D eigenvalue weighted by Crippen LogP contribution is -2.00. The molecule has 0 saturated heterocycles. The van der Waals surface area contributed by atoms with E-state index >= 15 is 0 Å². The van der Waals surface area contributed by atoms with Crippen LogP contribution < -0.4 is 0 Å². The van der Waals surface area contributed by atoms with Crippen molar-refractivity contribution in [2.24, 2.45) is 0 Å². The Kier molecular flexibility index (Phi) is 3.61. The minimum absolute atomic E-state index is 0.168. The first-order chi connectivity index (χ1) is 9.10. The van der Waals surface area contributed by atoms with Crippen molar-refractivity contribution in [3.63, 3.8) is 0 Å². The lowest BCUT2D eigenvalue weighted by Gasteiger charge is -2.05. The number of carboxylic acid groups (broad SMARTS) is 1. The van der Waals surface area contributed by atoms with E-state index in [0.717, 1.165) is 22.4 Å². The van der Waals surface area contributed by atoms with E-state index in [-0.39, 0.29) is 12.2 Å². The minimum Gasteiger partial charge on any atom is -0.478 e. The molecule has 0 atom stereocenters. The van der Waals surface area contributed by atoms with Gasteiger partial charge in [0.25, 0.3) is 0 Å². The first-order valence-electron chi connectivity index (χ1n) is 5.65. The van der Waals surface area contributed by atoms with Crippen LogP contribution in [0.2, 0.25) is 0 Å². The van der Waals surface area contributed by atoms with Crippen molar-refractivity contribution < 1.29 is 19.4 Å². The number of benzene rings is 2. The standard InChI is InChI=1S/C15H12O4/c1-2-14(16)19-9-10-3-4-12-8-13(15(17)18)6-5-11(12)7-10/h2-8H,1,9H2,(H,17,18). The van der Waals surface area contributed by atoms with Crippen LogP contribution in [-0.2, 0) is 16.1 Å². The number of fused-ring (bicyclic) bond motifs is 1. The number of carboxylic acids is 1. The molecule has 0 aliphatic heterocycles. The molecule has 0 heterocycles. The molecule has 2 aromatic rings. The summed E-state index contributed by atoms with van der Waals surface area (Å²) in [5, 5.41) is 10.6. The van der Waals surface area contributed by atoms with Gasteiger partial charge in [-0.05, 0) is 34.5 Å². The van der Waals surface area contributed by atoms with Crippen molar-refractivity contribution in [3.8, 4) is 0 Å². The van der Waals surface area contributed by atoms with Crippen LogP contribution in [0.15, 0.2) is 49.1 Å². The summed E-state index contributed by atoms with van der Waals surface area (Å²) >= 11 is 0. The second kappa shape index (κ2) is 5.35. The summed E-state index contributed by atoms with van der Waals surface area (Å²) in [7, 11) is 0. The fraction of sp³-hybridized carbons (Fsp3) is 0.0667. The Hall–Kier alpha value is -2.62. The van der Waals surface area contributed by atoms with Gasteiger partial charge < -0.3 is 9.84 Å². The first-order valence-corrected chi connectivity index (χ1v) is 5.65. The second-order valence-electron chi connectivity index (χ2n) is 4.01. The third kappa shape index (κ3) is 2.98. The molecule has 2 aromatic carbocycles. The van der Waals surface area contributed by atoms with Crippen molar-refractivity contribution in [2.75, 3.05) is 0 Å². The maximum absolute atomic E-state index is 11.0. The van der Waals surface area contributed by atoms with Crippen molar-refractivity contribution in [3.05, 3.63) is 60.2 Å². The number of rotatable bonds is 4. The van der Waals surface area contributed by atoms with E-state index in [4.69, 9.17) is 9.84 Å². The van der Waals surface area contributed by atoms with Crippen molar-refractivity contribution in [2.45, 2.75) is 6.61 Å². The Labute approximate surface area is 109 Å². The third-order valence-corrected chi connectivity index (χ3v) is 2.70. The van der Waals surface area contributed by atoms with Gasteiger partial charge in [-0.15, -0.1) is 0 Å². The molecule has 2 rings (SSSR count). The SMILES string of the molecule is C=CC(=O)OCc1ccc2cc(C(=O)O)ccc2c1. The summed E-state index contributed by atoms with van der Waals surface area (Å²) < 4.78 is 4.94. The average Bonchev–Trinajstić information content (AvgIpc) is 2.43. The Morgan fingerprint density at radius 1 is 1.16 bits per heavy atom. The van der Waals surface area contributed by atoms with Gasteiger partial charge in [0, 0.05) is 6.08 Å². The first kappa shape index (κ1) is 12.8. The Morgan fingerprint density at radius 2 is 1.84 bits per heavy atom. The van der Waals surface area contributed by atoms with Crippen LogP contribution in [0.3, 0.4) is 0 Å². The molecular formula is C15H12O4. The zero-order valence-corrected chi connectivity index (χ0v) is 10.1. The zero-order chi connectivity index (χ0) is 13.8. The lowest BCUT2D eigenvalue weighted by molar-refractivity contribution is -0.138. The molecule has 4 heteroatoms. The third-order valence-electron chi connectivity index (χ3n) is 2.70. The van der Waals surface area contributed by atoms with Crippen LogP contribution in [-0.4, -0.2) is 17.0 Å². The second-order valence-corrected chi connectivity index (χ2v) is 4.01. The number of aromatic carboxylic acids is 1.